The van der Waals surface area contributed by atoms with E-state index in [1.807, 2.05) is 44.2 Å². The van der Waals surface area contributed by atoms with Crippen molar-refractivity contribution in [2.45, 2.75) is 13.8 Å². The Bertz CT molecular complexity index is 999. The number of carbonyl (C=O) groups excluding carboxylic acids is 2. The molecular weight excluding hydrogens is 356 g/mol. The van der Waals surface area contributed by atoms with Crippen molar-refractivity contribution >= 4 is 11.8 Å². The van der Waals surface area contributed by atoms with Gasteiger partial charge in [0.25, 0.3) is 11.8 Å². The van der Waals surface area contributed by atoms with Crippen LogP contribution in [-0.2, 0) is 0 Å². The highest BCUT2D eigenvalue weighted by Gasteiger charge is 2.28. The Morgan fingerprint density at radius 3 is 2.29 bits per heavy atom. The minimum absolute atomic E-state index is 0.111. The minimum atomic E-state index is -0.142. The molecule has 7 heteroatoms. The second-order valence-corrected chi connectivity index (χ2v) is 6.98. The molecule has 2 aromatic heterocycles. The average molecular weight is 378 g/mol. The van der Waals surface area contributed by atoms with Crippen LogP contribution in [0.4, 0.5) is 0 Å². The number of piperazine rings is 1. The second-order valence-electron chi connectivity index (χ2n) is 6.98. The topological polar surface area (TPSA) is 71.6 Å². The van der Waals surface area contributed by atoms with E-state index in [0.717, 1.165) is 16.9 Å². The number of hydrogen-bond donors (Lipinski definition) is 0. The molecule has 0 radical (unpaired) electrons. The molecule has 0 saturated carbocycles. The predicted octanol–water partition coefficient (Wildman–Crippen LogP) is 2.68. The Balaban J connectivity index is 1.45. The van der Waals surface area contributed by atoms with Crippen LogP contribution >= 0.6 is 0 Å². The molecular formula is C21H22N4O3. The minimum Gasteiger partial charge on any atom is -0.459 e. The highest BCUT2D eigenvalue weighted by molar-refractivity contribution is 5.93. The molecule has 1 fully saturated rings. The summed E-state index contributed by atoms with van der Waals surface area (Å²) in [6, 6.07) is 13.2. The van der Waals surface area contributed by atoms with E-state index >= 15 is 0 Å². The molecule has 7 nitrogen and oxygen atoms in total. The van der Waals surface area contributed by atoms with Gasteiger partial charge in [-0.2, -0.15) is 5.10 Å². The molecule has 0 N–H and O–H groups in total. The molecule has 0 aliphatic carbocycles. The van der Waals surface area contributed by atoms with Crippen LogP contribution < -0.4 is 0 Å². The quantitative estimate of drug-likeness (QED) is 0.703. The van der Waals surface area contributed by atoms with Gasteiger partial charge in [0.2, 0.25) is 0 Å². The fraction of sp³-hybridized carbons (Fsp3) is 0.286. The molecule has 4 rings (SSSR count). The van der Waals surface area contributed by atoms with Gasteiger partial charge in [0, 0.05) is 31.9 Å². The number of furan rings is 1. The summed E-state index contributed by atoms with van der Waals surface area (Å²) in [6.07, 6.45) is 1.49. The van der Waals surface area contributed by atoms with Gasteiger partial charge >= 0.3 is 0 Å². The average Bonchev–Trinajstić information content (AvgIpc) is 3.37. The first kappa shape index (κ1) is 18.0. The lowest BCUT2D eigenvalue weighted by Gasteiger charge is -2.33. The van der Waals surface area contributed by atoms with Crippen LogP contribution in [0.3, 0.4) is 0 Å². The van der Waals surface area contributed by atoms with Crippen LogP contribution in [0.2, 0.25) is 0 Å². The Labute approximate surface area is 163 Å². The second kappa shape index (κ2) is 7.34. The van der Waals surface area contributed by atoms with Gasteiger partial charge in [-0.1, -0.05) is 12.1 Å². The van der Waals surface area contributed by atoms with Crippen molar-refractivity contribution in [1.29, 1.82) is 0 Å². The molecule has 0 unspecified atom stereocenters. The smallest absolute Gasteiger partial charge is 0.289 e. The van der Waals surface area contributed by atoms with E-state index in [4.69, 9.17) is 4.42 Å². The highest BCUT2D eigenvalue weighted by atomic mass is 16.3. The number of benzene rings is 1. The van der Waals surface area contributed by atoms with E-state index in [1.54, 1.807) is 26.6 Å². The summed E-state index contributed by atoms with van der Waals surface area (Å²) in [5, 5.41) is 4.52. The standard InChI is InChI=1S/C21H22N4O3/c1-15-5-3-6-17(13-15)25-16(2)14-18(22-25)20(26)23-8-10-24(11-9-23)21(27)19-7-4-12-28-19/h3-7,12-14H,8-11H2,1-2H3. The van der Waals surface area contributed by atoms with Crippen molar-refractivity contribution in [3.8, 4) is 5.69 Å². The van der Waals surface area contributed by atoms with E-state index in [2.05, 4.69) is 5.10 Å². The van der Waals surface area contributed by atoms with Crippen molar-refractivity contribution < 1.29 is 14.0 Å². The molecule has 0 atom stereocenters. The molecule has 1 aliphatic rings. The van der Waals surface area contributed by atoms with Crippen molar-refractivity contribution in [1.82, 2.24) is 19.6 Å². The van der Waals surface area contributed by atoms with E-state index in [-0.39, 0.29) is 11.8 Å². The largest absolute Gasteiger partial charge is 0.459 e. The monoisotopic (exact) mass is 378 g/mol. The van der Waals surface area contributed by atoms with E-state index in [0.29, 0.717) is 37.6 Å². The van der Waals surface area contributed by atoms with Gasteiger partial charge in [0.1, 0.15) is 0 Å². The maximum atomic E-state index is 12.9. The SMILES string of the molecule is Cc1cccc(-n2nc(C(=O)N3CCN(C(=O)c4ccco4)CC3)cc2C)c1. The van der Waals surface area contributed by atoms with Crippen LogP contribution in [0.15, 0.2) is 53.1 Å². The zero-order valence-corrected chi connectivity index (χ0v) is 16.0. The molecule has 0 spiro atoms. The predicted molar refractivity (Wildman–Crippen MR) is 104 cm³/mol. The number of amides is 2. The number of aryl methyl sites for hydroxylation is 2. The third-order valence-electron chi connectivity index (χ3n) is 4.94. The van der Waals surface area contributed by atoms with Gasteiger partial charge in [-0.3, -0.25) is 9.59 Å². The summed E-state index contributed by atoms with van der Waals surface area (Å²) in [7, 11) is 0. The van der Waals surface area contributed by atoms with Crippen LogP contribution in [-0.4, -0.2) is 57.6 Å². The van der Waals surface area contributed by atoms with Crippen molar-refractivity contribution in [3.05, 3.63) is 71.4 Å². The summed E-state index contributed by atoms with van der Waals surface area (Å²) < 4.78 is 6.96. The summed E-state index contributed by atoms with van der Waals surface area (Å²) >= 11 is 0. The van der Waals surface area contributed by atoms with Gasteiger partial charge in [0.15, 0.2) is 11.5 Å². The molecule has 2 amide bonds. The normalized spacial score (nSPS) is 14.4. The van der Waals surface area contributed by atoms with Crippen molar-refractivity contribution in [2.24, 2.45) is 0 Å². The number of nitrogens with zero attached hydrogens (tertiary/aromatic N) is 4. The van der Waals surface area contributed by atoms with Crippen molar-refractivity contribution in [2.75, 3.05) is 26.2 Å². The third kappa shape index (κ3) is 3.43. The Morgan fingerprint density at radius 2 is 1.64 bits per heavy atom. The Morgan fingerprint density at radius 1 is 0.929 bits per heavy atom. The Kier molecular flexibility index (Phi) is 4.73. The molecule has 1 saturated heterocycles. The van der Waals surface area contributed by atoms with Gasteiger partial charge in [0.05, 0.1) is 12.0 Å². The van der Waals surface area contributed by atoms with Crippen LogP contribution in [0, 0.1) is 13.8 Å². The highest BCUT2D eigenvalue weighted by Crippen LogP contribution is 2.16. The van der Waals surface area contributed by atoms with Gasteiger partial charge < -0.3 is 14.2 Å². The van der Waals surface area contributed by atoms with Crippen molar-refractivity contribution in [3.63, 3.8) is 0 Å². The molecule has 1 aliphatic heterocycles. The summed E-state index contributed by atoms with van der Waals surface area (Å²) in [4.78, 5) is 28.7. The Hall–Kier alpha value is -3.35. The van der Waals surface area contributed by atoms with Crippen LogP contribution in [0.5, 0.6) is 0 Å². The maximum absolute atomic E-state index is 12.9. The first-order valence-corrected chi connectivity index (χ1v) is 9.29. The molecule has 144 valence electrons. The first-order chi connectivity index (χ1) is 13.5. The van der Waals surface area contributed by atoms with Gasteiger partial charge in [-0.25, -0.2) is 4.68 Å². The maximum Gasteiger partial charge on any atom is 0.289 e. The van der Waals surface area contributed by atoms with Crippen LogP contribution in [0.1, 0.15) is 32.3 Å². The fourth-order valence-corrected chi connectivity index (χ4v) is 3.43. The van der Waals surface area contributed by atoms with Gasteiger partial charge in [-0.15, -0.1) is 0 Å². The zero-order chi connectivity index (χ0) is 19.7. The van der Waals surface area contributed by atoms with Crippen LogP contribution in [0.25, 0.3) is 5.69 Å². The molecule has 1 aromatic carbocycles. The fourth-order valence-electron chi connectivity index (χ4n) is 3.43. The zero-order valence-electron chi connectivity index (χ0n) is 16.0. The lowest BCUT2D eigenvalue weighted by Crippen LogP contribution is -2.50. The molecule has 3 heterocycles. The molecule has 0 bridgehead atoms. The van der Waals surface area contributed by atoms with Gasteiger partial charge in [-0.05, 0) is 49.7 Å². The number of rotatable bonds is 3. The summed E-state index contributed by atoms with van der Waals surface area (Å²) in [5.74, 6) is 0.0727. The number of hydrogen-bond acceptors (Lipinski definition) is 4. The van der Waals surface area contributed by atoms with E-state index in [9.17, 15) is 9.59 Å². The molecule has 3 aromatic rings. The van der Waals surface area contributed by atoms with E-state index < -0.39 is 0 Å². The summed E-state index contributed by atoms with van der Waals surface area (Å²) in [6.45, 7) is 5.86. The first-order valence-electron chi connectivity index (χ1n) is 9.29. The third-order valence-corrected chi connectivity index (χ3v) is 4.94. The number of aromatic nitrogens is 2. The lowest BCUT2D eigenvalue weighted by atomic mass is 10.2. The summed E-state index contributed by atoms with van der Waals surface area (Å²) in [5.41, 5.74) is 3.40. The lowest BCUT2D eigenvalue weighted by molar-refractivity contribution is 0.0515. The van der Waals surface area contributed by atoms with E-state index in [1.165, 1.54) is 6.26 Å². The molecule has 28 heavy (non-hydrogen) atoms. The number of carbonyl (C=O) groups is 2.